The van der Waals surface area contributed by atoms with Crippen LogP contribution in [0, 0.1) is 11.8 Å². The number of carbonyl (C=O) groups excluding carboxylic acids is 1. The summed E-state index contributed by atoms with van der Waals surface area (Å²) in [6, 6.07) is 0.526. The van der Waals surface area contributed by atoms with Crippen molar-refractivity contribution in [3.8, 4) is 0 Å². The van der Waals surface area contributed by atoms with E-state index in [2.05, 4.69) is 5.32 Å². The molecule has 0 spiro atoms. The lowest BCUT2D eigenvalue weighted by atomic mass is 9.85. The summed E-state index contributed by atoms with van der Waals surface area (Å²) < 4.78 is 0. The molecule has 0 bridgehead atoms. The number of hydrogen-bond acceptors (Lipinski definition) is 3. The fraction of sp³-hybridized carbons (Fsp3) is 0.875. The summed E-state index contributed by atoms with van der Waals surface area (Å²) in [4.78, 5) is 25.7. The summed E-state index contributed by atoms with van der Waals surface area (Å²) in [5.41, 5.74) is 0. The van der Waals surface area contributed by atoms with Crippen molar-refractivity contribution in [3.63, 3.8) is 0 Å². The Bertz CT molecular complexity index is 412. The number of carboxylic acids is 1. The van der Waals surface area contributed by atoms with E-state index < -0.39 is 5.97 Å². The van der Waals surface area contributed by atoms with E-state index in [1.807, 2.05) is 11.8 Å². The average Bonchev–Trinajstić information content (AvgIpc) is 2.90. The van der Waals surface area contributed by atoms with Crippen LogP contribution in [0.25, 0.3) is 0 Å². The number of nitrogens with one attached hydrogen (secondary N) is 1. The number of carbonyl (C=O) groups is 2. The van der Waals surface area contributed by atoms with Gasteiger partial charge < -0.3 is 15.3 Å². The number of nitrogens with zero attached hydrogens (tertiary/aromatic N) is 1. The molecule has 5 nitrogen and oxygen atoms in total. The van der Waals surface area contributed by atoms with Crippen LogP contribution in [-0.2, 0) is 9.59 Å². The Labute approximate surface area is 126 Å². The first-order chi connectivity index (χ1) is 10.1. The predicted octanol–water partition coefficient (Wildman–Crippen LogP) is 1.62. The van der Waals surface area contributed by atoms with Crippen LogP contribution in [0.2, 0.25) is 0 Å². The zero-order valence-corrected chi connectivity index (χ0v) is 12.8. The largest absolute Gasteiger partial charge is 0.481 e. The number of hydrogen-bond donors (Lipinski definition) is 2. The van der Waals surface area contributed by atoms with Gasteiger partial charge in [0.2, 0.25) is 5.91 Å². The minimum Gasteiger partial charge on any atom is -0.481 e. The number of piperidine rings is 1. The average molecular weight is 294 g/mol. The molecule has 0 radical (unpaired) electrons. The molecule has 3 fully saturated rings. The second-order valence-corrected chi connectivity index (χ2v) is 7.05. The van der Waals surface area contributed by atoms with Crippen molar-refractivity contribution >= 4 is 11.9 Å². The predicted molar refractivity (Wildman–Crippen MR) is 78.8 cm³/mol. The van der Waals surface area contributed by atoms with Crippen LogP contribution in [0.3, 0.4) is 0 Å². The fourth-order valence-electron chi connectivity index (χ4n) is 4.43. The van der Waals surface area contributed by atoms with Gasteiger partial charge in [-0.25, -0.2) is 0 Å². The van der Waals surface area contributed by atoms with Crippen LogP contribution < -0.4 is 5.32 Å². The van der Waals surface area contributed by atoms with E-state index >= 15 is 0 Å². The molecule has 2 N–H and O–H groups in total. The Morgan fingerprint density at radius 1 is 1.14 bits per heavy atom. The zero-order valence-electron chi connectivity index (χ0n) is 12.8. The maximum atomic E-state index is 12.7. The zero-order chi connectivity index (χ0) is 15.0. The van der Waals surface area contributed by atoms with Gasteiger partial charge in [-0.1, -0.05) is 12.8 Å². The molecule has 0 aromatic heterocycles. The van der Waals surface area contributed by atoms with Gasteiger partial charge in [0, 0.05) is 18.6 Å². The van der Waals surface area contributed by atoms with Crippen LogP contribution in [-0.4, -0.2) is 46.6 Å². The number of carboxylic acid groups (broad SMARTS) is 1. The molecule has 21 heavy (non-hydrogen) atoms. The third kappa shape index (κ3) is 2.93. The highest BCUT2D eigenvalue weighted by Crippen LogP contribution is 2.34. The molecular weight excluding hydrogens is 268 g/mol. The molecule has 3 rings (SSSR count). The molecule has 0 aromatic rings. The molecule has 5 atom stereocenters. The van der Waals surface area contributed by atoms with Crippen molar-refractivity contribution in [1.29, 1.82) is 0 Å². The van der Waals surface area contributed by atoms with E-state index in [4.69, 9.17) is 5.11 Å². The summed E-state index contributed by atoms with van der Waals surface area (Å²) >= 11 is 0. The first kappa shape index (κ1) is 14.8. The van der Waals surface area contributed by atoms with E-state index in [-0.39, 0.29) is 23.9 Å². The molecule has 5 unspecified atom stereocenters. The maximum Gasteiger partial charge on any atom is 0.306 e. The molecule has 0 aromatic carbocycles. The van der Waals surface area contributed by atoms with Gasteiger partial charge >= 0.3 is 5.97 Å². The molecule has 2 heterocycles. The lowest BCUT2D eigenvalue weighted by molar-refractivity contribution is -0.148. The van der Waals surface area contributed by atoms with Gasteiger partial charge in [0.05, 0.1) is 12.0 Å². The van der Waals surface area contributed by atoms with Gasteiger partial charge in [0.1, 0.15) is 0 Å². The molecule has 5 heteroatoms. The van der Waals surface area contributed by atoms with Crippen molar-refractivity contribution in [2.24, 2.45) is 11.8 Å². The number of fused-ring (bicyclic) bond motifs is 1. The van der Waals surface area contributed by atoms with Crippen LogP contribution in [0.5, 0.6) is 0 Å². The Morgan fingerprint density at radius 2 is 1.90 bits per heavy atom. The van der Waals surface area contributed by atoms with Crippen LogP contribution >= 0.6 is 0 Å². The highest BCUT2D eigenvalue weighted by Gasteiger charge is 2.42. The van der Waals surface area contributed by atoms with E-state index in [1.54, 1.807) is 0 Å². The summed E-state index contributed by atoms with van der Waals surface area (Å²) in [6.07, 6.45) is 7.16. The molecule has 1 saturated carbocycles. The normalized spacial score (nSPS) is 39.9. The van der Waals surface area contributed by atoms with Crippen molar-refractivity contribution in [3.05, 3.63) is 0 Å². The molecule has 118 valence electrons. The minimum absolute atomic E-state index is 0.0387. The summed E-state index contributed by atoms with van der Waals surface area (Å²) in [7, 11) is 0. The Balaban J connectivity index is 1.60. The third-order valence-electron chi connectivity index (χ3n) is 5.67. The molecule has 3 aliphatic rings. The molecule has 2 saturated heterocycles. The monoisotopic (exact) mass is 294 g/mol. The number of amides is 1. The molecular formula is C16H26N2O3. The minimum atomic E-state index is -0.723. The van der Waals surface area contributed by atoms with Crippen LogP contribution in [0.1, 0.15) is 51.9 Å². The van der Waals surface area contributed by atoms with E-state index in [1.165, 1.54) is 25.7 Å². The molecule has 1 aliphatic carbocycles. The van der Waals surface area contributed by atoms with Crippen molar-refractivity contribution in [2.75, 3.05) is 6.54 Å². The lowest BCUT2D eigenvalue weighted by Gasteiger charge is -2.37. The highest BCUT2D eigenvalue weighted by atomic mass is 16.4. The SMILES string of the molecule is CC1CC(C(=O)O)CCN1C(=O)C1CC2CCCCC2N1. The van der Waals surface area contributed by atoms with Crippen LogP contribution in [0.15, 0.2) is 0 Å². The third-order valence-corrected chi connectivity index (χ3v) is 5.67. The summed E-state index contributed by atoms with van der Waals surface area (Å²) in [6.45, 7) is 2.57. The van der Waals surface area contributed by atoms with Gasteiger partial charge in [-0.2, -0.15) is 0 Å². The van der Waals surface area contributed by atoms with Gasteiger partial charge in [0.25, 0.3) is 0 Å². The maximum absolute atomic E-state index is 12.7. The van der Waals surface area contributed by atoms with Gasteiger partial charge in [-0.3, -0.25) is 9.59 Å². The summed E-state index contributed by atoms with van der Waals surface area (Å²) in [5.74, 6) is -0.151. The van der Waals surface area contributed by atoms with E-state index in [0.29, 0.717) is 31.3 Å². The second kappa shape index (κ2) is 5.95. The van der Waals surface area contributed by atoms with Gasteiger partial charge in [0.15, 0.2) is 0 Å². The number of rotatable bonds is 2. The second-order valence-electron chi connectivity index (χ2n) is 7.05. The van der Waals surface area contributed by atoms with E-state index in [9.17, 15) is 9.59 Å². The number of aliphatic carboxylic acids is 1. The van der Waals surface area contributed by atoms with Gasteiger partial charge in [-0.15, -0.1) is 0 Å². The Kier molecular flexibility index (Phi) is 4.20. The van der Waals surface area contributed by atoms with Crippen molar-refractivity contribution < 1.29 is 14.7 Å². The van der Waals surface area contributed by atoms with E-state index in [0.717, 1.165) is 6.42 Å². The number of likely N-dealkylation sites (tertiary alicyclic amines) is 1. The van der Waals surface area contributed by atoms with Crippen molar-refractivity contribution in [2.45, 2.75) is 70.0 Å². The lowest BCUT2D eigenvalue weighted by Crippen LogP contribution is -2.52. The first-order valence-electron chi connectivity index (χ1n) is 8.35. The smallest absolute Gasteiger partial charge is 0.306 e. The molecule has 2 aliphatic heterocycles. The van der Waals surface area contributed by atoms with Gasteiger partial charge in [-0.05, 0) is 44.9 Å². The quantitative estimate of drug-likeness (QED) is 0.812. The Morgan fingerprint density at radius 3 is 2.57 bits per heavy atom. The summed E-state index contributed by atoms with van der Waals surface area (Å²) in [5, 5.41) is 12.7. The Hall–Kier alpha value is -1.10. The molecule has 1 amide bonds. The highest BCUT2D eigenvalue weighted by molar-refractivity contribution is 5.83. The first-order valence-corrected chi connectivity index (χ1v) is 8.35. The standard InChI is InChI=1S/C16H26N2O3/c1-10-8-12(16(20)21)6-7-18(10)15(19)14-9-11-4-2-3-5-13(11)17-14/h10-14,17H,2-9H2,1H3,(H,20,21). The van der Waals surface area contributed by atoms with Crippen LogP contribution in [0.4, 0.5) is 0 Å². The topological polar surface area (TPSA) is 69.6 Å². The fourth-order valence-corrected chi connectivity index (χ4v) is 4.43. The van der Waals surface area contributed by atoms with Crippen molar-refractivity contribution in [1.82, 2.24) is 10.2 Å².